The molecule has 0 aliphatic rings. The summed E-state index contributed by atoms with van der Waals surface area (Å²) in [6.45, 7) is 0.354. The third-order valence-corrected chi connectivity index (χ3v) is 1.54. The van der Waals surface area contributed by atoms with Gasteiger partial charge in [-0.2, -0.15) is 0 Å². The predicted octanol–water partition coefficient (Wildman–Crippen LogP) is -0.159. The van der Waals surface area contributed by atoms with Gasteiger partial charge in [0.2, 0.25) is 0 Å². The number of hydrogen-bond acceptors (Lipinski definition) is 4. The van der Waals surface area contributed by atoms with Gasteiger partial charge in [0.1, 0.15) is 0 Å². The van der Waals surface area contributed by atoms with Crippen molar-refractivity contribution in [3.8, 4) is 0 Å². The summed E-state index contributed by atoms with van der Waals surface area (Å²) in [7, 11) is 0. The average molecular weight is 199 g/mol. The summed E-state index contributed by atoms with van der Waals surface area (Å²) in [5.74, 6) is -2.03. The number of aryl methyl sites for hydroxylation is 1. The Balaban J connectivity index is 2.44. The summed E-state index contributed by atoms with van der Waals surface area (Å²) in [6, 6.07) is 0. The van der Waals surface area contributed by atoms with Gasteiger partial charge < -0.3 is 10.2 Å². The molecule has 0 saturated heterocycles. The smallest absolute Gasteiger partial charge is 0.358 e. The molecule has 0 amide bonds. The Morgan fingerprint density at radius 3 is 2.64 bits per heavy atom. The van der Waals surface area contributed by atoms with Crippen molar-refractivity contribution in [1.82, 2.24) is 15.0 Å². The lowest BCUT2D eigenvalue weighted by Crippen LogP contribution is -2.02. The van der Waals surface area contributed by atoms with Gasteiger partial charge in [0.05, 0.1) is 6.20 Å². The zero-order chi connectivity index (χ0) is 10.6. The number of hydrogen-bond donors (Lipinski definition) is 2. The van der Waals surface area contributed by atoms with Gasteiger partial charge in [-0.05, 0) is 6.42 Å². The van der Waals surface area contributed by atoms with Crippen molar-refractivity contribution < 1.29 is 19.8 Å². The lowest BCUT2D eigenvalue weighted by Gasteiger charge is -1.95. The number of nitrogens with zero attached hydrogens (tertiary/aromatic N) is 3. The molecule has 0 atom stereocenters. The lowest BCUT2D eigenvalue weighted by atomic mass is 10.3. The monoisotopic (exact) mass is 199 g/mol. The Morgan fingerprint density at radius 1 is 1.43 bits per heavy atom. The molecular weight excluding hydrogens is 190 g/mol. The van der Waals surface area contributed by atoms with E-state index in [0.717, 1.165) is 0 Å². The number of carboxylic acid groups (broad SMARTS) is 2. The highest BCUT2D eigenvalue weighted by Crippen LogP contribution is 1.96. The van der Waals surface area contributed by atoms with Crippen molar-refractivity contribution in [2.24, 2.45) is 0 Å². The molecule has 76 valence electrons. The minimum Gasteiger partial charge on any atom is -0.481 e. The first-order valence-electron chi connectivity index (χ1n) is 3.95. The van der Waals surface area contributed by atoms with Gasteiger partial charge in [0.25, 0.3) is 0 Å². The second-order valence-corrected chi connectivity index (χ2v) is 2.67. The van der Waals surface area contributed by atoms with Crippen LogP contribution in [0, 0.1) is 0 Å². The highest BCUT2D eigenvalue weighted by Gasteiger charge is 2.07. The van der Waals surface area contributed by atoms with Crippen LogP contribution in [0.5, 0.6) is 0 Å². The zero-order valence-electron chi connectivity index (χ0n) is 7.25. The fraction of sp³-hybridized carbons (Fsp3) is 0.429. The van der Waals surface area contributed by atoms with Gasteiger partial charge in [-0.1, -0.05) is 5.21 Å². The summed E-state index contributed by atoms with van der Waals surface area (Å²) < 4.78 is 1.31. The zero-order valence-corrected chi connectivity index (χ0v) is 7.25. The quantitative estimate of drug-likeness (QED) is 0.682. The maximum Gasteiger partial charge on any atom is 0.358 e. The van der Waals surface area contributed by atoms with Crippen molar-refractivity contribution in [3.63, 3.8) is 0 Å². The van der Waals surface area contributed by atoms with E-state index < -0.39 is 11.9 Å². The first-order chi connectivity index (χ1) is 6.59. The molecule has 0 unspecified atom stereocenters. The Hall–Kier alpha value is -1.92. The molecule has 14 heavy (non-hydrogen) atoms. The Labute approximate surface area is 79.0 Å². The molecule has 2 N–H and O–H groups in total. The van der Waals surface area contributed by atoms with Gasteiger partial charge in [-0.15, -0.1) is 5.10 Å². The van der Waals surface area contributed by atoms with Crippen LogP contribution in [0.3, 0.4) is 0 Å². The van der Waals surface area contributed by atoms with E-state index in [9.17, 15) is 9.59 Å². The van der Waals surface area contributed by atoms with Crippen LogP contribution in [0.15, 0.2) is 6.20 Å². The standard InChI is InChI=1S/C7H9N3O4/c11-6(12)2-1-3-10-4-5(7(13)14)8-9-10/h4H,1-3H2,(H,11,12)(H,13,14). The van der Waals surface area contributed by atoms with Crippen LogP contribution in [0.25, 0.3) is 0 Å². The maximum absolute atomic E-state index is 10.4. The van der Waals surface area contributed by atoms with E-state index in [1.165, 1.54) is 10.9 Å². The molecule has 0 aromatic carbocycles. The summed E-state index contributed by atoms with van der Waals surface area (Å²) in [6.07, 6.45) is 1.70. The molecule has 0 fully saturated rings. The highest BCUT2D eigenvalue weighted by atomic mass is 16.4. The predicted molar refractivity (Wildman–Crippen MR) is 43.9 cm³/mol. The van der Waals surface area contributed by atoms with E-state index in [2.05, 4.69) is 10.3 Å². The molecular formula is C7H9N3O4. The van der Waals surface area contributed by atoms with Gasteiger partial charge in [-0.25, -0.2) is 4.79 Å². The molecule has 1 rings (SSSR count). The Bertz CT molecular complexity index is 346. The van der Waals surface area contributed by atoms with Crippen LogP contribution >= 0.6 is 0 Å². The Kier molecular flexibility index (Phi) is 3.16. The normalized spacial score (nSPS) is 10.0. The number of aromatic nitrogens is 3. The second-order valence-electron chi connectivity index (χ2n) is 2.67. The number of aromatic carboxylic acids is 1. The molecule has 1 aromatic rings. The van der Waals surface area contributed by atoms with Gasteiger partial charge >= 0.3 is 11.9 Å². The van der Waals surface area contributed by atoms with Crippen LogP contribution in [-0.2, 0) is 11.3 Å². The molecule has 1 heterocycles. The molecule has 0 spiro atoms. The Morgan fingerprint density at radius 2 is 2.14 bits per heavy atom. The van der Waals surface area contributed by atoms with E-state index >= 15 is 0 Å². The van der Waals surface area contributed by atoms with E-state index in [1.54, 1.807) is 0 Å². The van der Waals surface area contributed by atoms with Crippen molar-refractivity contribution in [3.05, 3.63) is 11.9 Å². The maximum atomic E-state index is 10.4. The molecule has 0 aliphatic carbocycles. The van der Waals surface area contributed by atoms with Gasteiger partial charge in [0.15, 0.2) is 5.69 Å². The van der Waals surface area contributed by atoms with Crippen molar-refractivity contribution in [2.45, 2.75) is 19.4 Å². The van der Waals surface area contributed by atoms with Crippen LogP contribution in [0.4, 0.5) is 0 Å². The van der Waals surface area contributed by atoms with E-state index in [4.69, 9.17) is 10.2 Å². The second kappa shape index (κ2) is 4.35. The number of carbonyl (C=O) groups is 2. The SMILES string of the molecule is O=C(O)CCCn1cc(C(=O)O)nn1. The largest absolute Gasteiger partial charge is 0.481 e. The third-order valence-electron chi connectivity index (χ3n) is 1.54. The molecule has 1 aromatic heterocycles. The van der Waals surface area contributed by atoms with Crippen molar-refractivity contribution >= 4 is 11.9 Å². The van der Waals surface area contributed by atoms with Crippen LogP contribution in [-0.4, -0.2) is 37.1 Å². The topological polar surface area (TPSA) is 105 Å². The first-order valence-corrected chi connectivity index (χ1v) is 3.95. The minimum absolute atomic E-state index is 0.0300. The molecule has 0 bridgehead atoms. The van der Waals surface area contributed by atoms with Crippen LogP contribution in [0.1, 0.15) is 23.3 Å². The average Bonchev–Trinajstić information content (AvgIpc) is 2.52. The van der Waals surface area contributed by atoms with Crippen molar-refractivity contribution in [2.75, 3.05) is 0 Å². The molecule has 0 radical (unpaired) electrons. The first kappa shape index (κ1) is 10.2. The van der Waals surface area contributed by atoms with Gasteiger partial charge in [0, 0.05) is 13.0 Å². The number of carboxylic acids is 2. The third kappa shape index (κ3) is 2.85. The molecule has 7 heteroatoms. The van der Waals surface area contributed by atoms with E-state index in [0.29, 0.717) is 13.0 Å². The molecule has 0 aliphatic heterocycles. The highest BCUT2D eigenvalue weighted by molar-refractivity contribution is 5.84. The molecule has 7 nitrogen and oxygen atoms in total. The van der Waals surface area contributed by atoms with E-state index in [1.807, 2.05) is 0 Å². The summed E-state index contributed by atoms with van der Waals surface area (Å²) >= 11 is 0. The molecule has 0 saturated carbocycles. The van der Waals surface area contributed by atoms with Crippen LogP contribution in [0.2, 0.25) is 0 Å². The van der Waals surface area contributed by atoms with Crippen LogP contribution < -0.4 is 0 Å². The van der Waals surface area contributed by atoms with Gasteiger partial charge in [-0.3, -0.25) is 9.48 Å². The summed E-state index contributed by atoms with van der Waals surface area (Å²) in [4.78, 5) is 20.5. The summed E-state index contributed by atoms with van der Waals surface area (Å²) in [5, 5.41) is 23.8. The van der Waals surface area contributed by atoms with E-state index in [-0.39, 0.29) is 12.1 Å². The number of rotatable bonds is 5. The fourth-order valence-electron chi connectivity index (χ4n) is 0.898. The lowest BCUT2D eigenvalue weighted by molar-refractivity contribution is -0.137. The summed E-state index contributed by atoms with van der Waals surface area (Å²) in [5.41, 5.74) is -0.139. The van der Waals surface area contributed by atoms with Crippen molar-refractivity contribution in [1.29, 1.82) is 0 Å². The minimum atomic E-state index is -1.14. The number of aliphatic carboxylic acids is 1. The fourth-order valence-corrected chi connectivity index (χ4v) is 0.898.